The zero-order chi connectivity index (χ0) is 34.4. The molecule has 10 rings (SSSR count). The Morgan fingerprint density at radius 1 is 0.288 bits per heavy atom. The molecule has 0 unspecified atom stereocenters. The normalized spacial score (nSPS) is 11.5. The fourth-order valence-electron chi connectivity index (χ4n) is 7.63. The number of rotatable bonds is 5. The highest BCUT2D eigenvalue weighted by molar-refractivity contribution is 6.33. The van der Waals surface area contributed by atoms with Gasteiger partial charge in [0.2, 0.25) is 0 Å². The molecule has 0 aliphatic heterocycles. The van der Waals surface area contributed by atoms with E-state index in [-0.39, 0.29) is 0 Å². The van der Waals surface area contributed by atoms with E-state index in [1.165, 1.54) is 54.2 Å². The van der Waals surface area contributed by atoms with E-state index in [4.69, 9.17) is 9.97 Å². The summed E-state index contributed by atoms with van der Waals surface area (Å²) in [6.45, 7) is 0. The van der Waals surface area contributed by atoms with Crippen LogP contribution in [0.3, 0.4) is 0 Å². The van der Waals surface area contributed by atoms with Crippen LogP contribution in [0.1, 0.15) is 0 Å². The highest BCUT2D eigenvalue weighted by Crippen LogP contribution is 2.43. The van der Waals surface area contributed by atoms with Gasteiger partial charge in [0.05, 0.1) is 17.1 Å². The molecule has 0 bridgehead atoms. The minimum atomic E-state index is 0.700. The van der Waals surface area contributed by atoms with E-state index in [0.717, 1.165) is 39.3 Å². The second kappa shape index (κ2) is 12.4. The van der Waals surface area contributed by atoms with E-state index >= 15 is 0 Å². The van der Waals surface area contributed by atoms with Gasteiger partial charge in [0.25, 0.3) is 0 Å². The first-order valence-electron chi connectivity index (χ1n) is 17.6. The summed E-state index contributed by atoms with van der Waals surface area (Å²) in [4.78, 5) is 14.7. The first kappa shape index (κ1) is 29.9. The third-order valence-corrected chi connectivity index (χ3v) is 10.1. The van der Waals surface area contributed by atoms with Gasteiger partial charge >= 0.3 is 0 Å². The van der Waals surface area contributed by atoms with Gasteiger partial charge in [-0.2, -0.15) is 0 Å². The van der Waals surface area contributed by atoms with E-state index in [1.54, 1.807) is 0 Å². The first-order chi connectivity index (χ1) is 25.8. The van der Waals surface area contributed by atoms with Crippen molar-refractivity contribution in [2.24, 2.45) is 0 Å². The van der Waals surface area contributed by atoms with Crippen LogP contribution >= 0.6 is 0 Å². The van der Waals surface area contributed by atoms with Crippen LogP contribution in [0.4, 0.5) is 0 Å². The number of pyridine rings is 1. The standard InChI is InChI=1S/C49H31N3/c1-2-12-36(13-3-1)49-51-46(31-47(52-49)35-27-25-33(26-28-35)45-20-10-11-29-50-45)34-23-21-32(22-24-34)43-30-44-39-16-5-4-14-37(39)38-15-6-8-18-41(38)48(44)42-19-9-7-17-40(42)43/h1-31H. The number of hydrogen-bond donors (Lipinski definition) is 0. The summed E-state index contributed by atoms with van der Waals surface area (Å²) in [6, 6.07) is 64.4. The molecular formula is C49H31N3. The van der Waals surface area contributed by atoms with Crippen molar-refractivity contribution in [3.8, 4) is 56.3 Å². The molecule has 0 N–H and O–H groups in total. The van der Waals surface area contributed by atoms with Gasteiger partial charge in [0.15, 0.2) is 5.82 Å². The fourth-order valence-corrected chi connectivity index (χ4v) is 7.63. The SMILES string of the molecule is c1ccc(-c2nc(-c3ccc(-c4ccccn4)cc3)cc(-c3ccc(-c4cc5c6ccccc6c6ccccc6c5c5ccccc45)cc3)n2)cc1. The van der Waals surface area contributed by atoms with E-state index in [1.807, 2.05) is 42.6 Å². The van der Waals surface area contributed by atoms with Crippen LogP contribution in [-0.2, 0) is 0 Å². The molecule has 0 aliphatic carbocycles. The Bertz CT molecular complexity index is 2920. The molecule has 0 fully saturated rings. The van der Waals surface area contributed by atoms with Crippen molar-refractivity contribution < 1.29 is 0 Å². The Kier molecular flexibility index (Phi) is 7.14. The van der Waals surface area contributed by atoms with Crippen molar-refractivity contribution in [3.05, 3.63) is 188 Å². The van der Waals surface area contributed by atoms with Gasteiger partial charge in [-0.1, -0.05) is 158 Å². The summed E-state index contributed by atoms with van der Waals surface area (Å²) in [5.41, 5.74) is 9.21. The number of fused-ring (bicyclic) bond motifs is 8. The summed E-state index contributed by atoms with van der Waals surface area (Å²) in [7, 11) is 0. The quantitative estimate of drug-likeness (QED) is 0.172. The van der Waals surface area contributed by atoms with E-state index in [0.29, 0.717) is 5.82 Å². The van der Waals surface area contributed by atoms with Crippen molar-refractivity contribution in [3.63, 3.8) is 0 Å². The Balaban J connectivity index is 1.11. The van der Waals surface area contributed by atoms with E-state index in [9.17, 15) is 0 Å². The van der Waals surface area contributed by atoms with Gasteiger partial charge in [0.1, 0.15) is 0 Å². The maximum absolute atomic E-state index is 5.10. The van der Waals surface area contributed by atoms with Crippen molar-refractivity contribution in [1.82, 2.24) is 15.0 Å². The molecule has 0 atom stereocenters. The molecule has 2 aromatic heterocycles. The average molecular weight is 662 g/mol. The highest BCUT2D eigenvalue weighted by atomic mass is 14.9. The van der Waals surface area contributed by atoms with Crippen LogP contribution in [0.25, 0.3) is 99.4 Å². The van der Waals surface area contributed by atoms with Crippen LogP contribution in [0.5, 0.6) is 0 Å². The van der Waals surface area contributed by atoms with Gasteiger partial charge in [0, 0.05) is 28.5 Å². The number of hydrogen-bond acceptors (Lipinski definition) is 3. The molecule has 3 heteroatoms. The Morgan fingerprint density at radius 3 is 1.35 bits per heavy atom. The topological polar surface area (TPSA) is 38.7 Å². The maximum Gasteiger partial charge on any atom is 0.160 e. The Morgan fingerprint density at radius 2 is 0.750 bits per heavy atom. The second-order valence-electron chi connectivity index (χ2n) is 13.2. The van der Waals surface area contributed by atoms with Crippen LogP contribution in [-0.4, -0.2) is 15.0 Å². The van der Waals surface area contributed by atoms with Crippen LogP contribution < -0.4 is 0 Å². The number of aromatic nitrogens is 3. The van der Waals surface area contributed by atoms with Crippen molar-refractivity contribution >= 4 is 43.1 Å². The summed E-state index contributed by atoms with van der Waals surface area (Å²) in [5, 5.41) is 10.2. The zero-order valence-corrected chi connectivity index (χ0v) is 28.2. The molecule has 0 saturated heterocycles. The molecule has 3 nitrogen and oxygen atoms in total. The lowest BCUT2D eigenvalue weighted by atomic mass is 9.87. The summed E-state index contributed by atoms with van der Waals surface area (Å²) in [5.74, 6) is 0.700. The summed E-state index contributed by atoms with van der Waals surface area (Å²) < 4.78 is 0. The largest absolute Gasteiger partial charge is 0.256 e. The van der Waals surface area contributed by atoms with Crippen LogP contribution in [0.2, 0.25) is 0 Å². The molecule has 242 valence electrons. The molecule has 52 heavy (non-hydrogen) atoms. The van der Waals surface area contributed by atoms with Gasteiger partial charge < -0.3 is 0 Å². The maximum atomic E-state index is 5.10. The van der Waals surface area contributed by atoms with Gasteiger partial charge in [-0.15, -0.1) is 0 Å². The summed E-state index contributed by atoms with van der Waals surface area (Å²) in [6.07, 6.45) is 1.82. The van der Waals surface area contributed by atoms with E-state index < -0.39 is 0 Å². The fraction of sp³-hybridized carbons (Fsp3) is 0. The molecule has 10 aromatic rings. The van der Waals surface area contributed by atoms with Gasteiger partial charge in [-0.05, 0) is 78.5 Å². The summed E-state index contributed by atoms with van der Waals surface area (Å²) >= 11 is 0. The lowest BCUT2D eigenvalue weighted by Crippen LogP contribution is -1.96. The molecule has 0 saturated carbocycles. The molecule has 8 aromatic carbocycles. The molecule has 0 aliphatic rings. The van der Waals surface area contributed by atoms with Crippen molar-refractivity contribution in [1.29, 1.82) is 0 Å². The monoisotopic (exact) mass is 661 g/mol. The second-order valence-corrected chi connectivity index (χ2v) is 13.2. The van der Waals surface area contributed by atoms with Crippen molar-refractivity contribution in [2.45, 2.75) is 0 Å². The lowest BCUT2D eigenvalue weighted by molar-refractivity contribution is 1.18. The van der Waals surface area contributed by atoms with Gasteiger partial charge in [-0.25, -0.2) is 9.97 Å². The zero-order valence-electron chi connectivity index (χ0n) is 28.2. The molecular weight excluding hydrogens is 631 g/mol. The Hall–Kier alpha value is -6.97. The average Bonchev–Trinajstić information content (AvgIpc) is 3.24. The van der Waals surface area contributed by atoms with Gasteiger partial charge in [-0.3, -0.25) is 4.98 Å². The number of benzene rings is 8. The third kappa shape index (κ3) is 5.10. The Labute approximate surface area is 301 Å². The van der Waals surface area contributed by atoms with Crippen LogP contribution in [0.15, 0.2) is 188 Å². The minimum absolute atomic E-state index is 0.700. The lowest BCUT2D eigenvalue weighted by Gasteiger charge is -2.16. The van der Waals surface area contributed by atoms with E-state index in [2.05, 4.69) is 151 Å². The molecule has 0 radical (unpaired) electrons. The predicted molar refractivity (Wildman–Crippen MR) is 217 cm³/mol. The third-order valence-electron chi connectivity index (χ3n) is 10.1. The minimum Gasteiger partial charge on any atom is -0.256 e. The smallest absolute Gasteiger partial charge is 0.160 e. The highest BCUT2D eigenvalue weighted by Gasteiger charge is 2.16. The van der Waals surface area contributed by atoms with Crippen molar-refractivity contribution in [2.75, 3.05) is 0 Å². The molecule has 0 amide bonds. The number of nitrogens with zero attached hydrogens (tertiary/aromatic N) is 3. The first-order valence-corrected chi connectivity index (χ1v) is 17.6. The molecule has 0 spiro atoms. The molecule has 2 heterocycles. The predicted octanol–water partition coefficient (Wildman–Crippen LogP) is 12.8. The van der Waals surface area contributed by atoms with Crippen LogP contribution in [0, 0.1) is 0 Å².